The van der Waals surface area contributed by atoms with E-state index < -0.39 is 0 Å². The van der Waals surface area contributed by atoms with E-state index in [0.717, 1.165) is 30.4 Å². The maximum Gasteiger partial charge on any atom is 0.126 e. The van der Waals surface area contributed by atoms with E-state index in [4.69, 9.17) is 5.73 Å². The molecule has 1 saturated carbocycles. The predicted molar refractivity (Wildman–Crippen MR) is 78.3 cm³/mol. The normalized spacial score (nSPS) is 27.7. The van der Waals surface area contributed by atoms with Crippen LogP contribution in [0.15, 0.2) is 24.3 Å². The van der Waals surface area contributed by atoms with Crippen molar-refractivity contribution in [1.82, 2.24) is 0 Å². The van der Waals surface area contributed by atoms with Gasteiger partial charge in [0.2, 0.25) is 0 Å². The zero-order valence-electron chi connectivity index (χ0n) is 12.1. The molecule has 0 amide bonds. The van der Waals surface area contributed by atoms with E-state index in [2.05, 4.69) is 13.8 Å². The zero-order valence-corrected chi connectivity index (χ0v) is 12.1. The Morgan fingerprint density at radius 2 is 1.95 bits per heavy atom. The van der Waals surface area contributed by atoms with Crippen LogP contribution in [0, 0.1) is 29.5 Å². The average molecular weight is 263 g/mol. The minimum Gasteiger partial charge on any atom is -0.330 e. The van der Waals surface area contributed by atoms with Crippen LogP contribution in [0.2, 0.25) is 0 Å². The summed E-state index contributed by atoms with van der Waals surface area (Å²) < 4.78 is 13.8. The lowest BCUT2D eigenvalue weighted by atomic mass is 9.69. The summed E-state index contributed by atoms with van der Waals surface area (Å²) in [5, 5.41) is 0. The van der Waals surface area contributed by atoms with Crippen molar-refractivity contribution < 1.29 is 4.39 Å². The van der Waals surface area contributed by atoms with E-state index in [-0.39, 0.29) is 5.82 Å². The standard InChI is InChI=1S/C17H26FN/c1-12(2)13-7-8-15(11-19)16(9-13)10-14-5-3-4-6-17(14)18/h3-6,12-13,15-16H,7-11,19H2,1-2H3. The summed E-state index contributed by atoms with van der Waals surface area (Å²) in [7, 11) is 0. The Morgan fingerprint density at radius 3 is 2.58 bits per heavy atom. The summed E-state index contributed by atoms with van der Waals surface area (Å²) in [5.41, 5.74) is 6.77. The van der Waals surface area contributed by atoms with Gasteiger partial charge in [-0.15, -0.1) is 0 Å². The van der Waals surface area contributed by atoms with Gasteiger partial charge < -0.3 is 5.73 Å². The Morgan fingerprint density at radius 1 is 1.21 bits per heavy atom. The number of hydrogen-bond donors (Lipinski definition) is 1. The molecule has 0 aromatic heterocycles. The maximum absolute atomic E-state index is 13.8. The van der Waals surface area contributed by atoms with Crippen LogP contribution in [0.1, 0.15) is 38.7 Å². The Kier molecular flexibility index (Phi) is 4.98. The summed E-state index contributed by atoms with van der Waals surface area (Å²) in [6.45, 7) is 5.34. The van der Waals surface area contributed by atoms with E-state index in [0.29, 0.717) is 11.8 Å². The number of halogens is 1. The third-order valence-electron chi connectivity index (χ3n) is 4.87. The van der Waals surface area contributed by atoms with Gasteiger partial charge in [-0.05, 0) is 67.5 Å². The molecule has 1 aromatic rings. The molecule has 2 rings (SSSR count). The molecule has 0 saturated heterocycles. The molecule has 1 fully saturated rings. The first-order chi connectivity index (χ1) is 9.11. The third kappa shape index (κ3) is 3.56. The van der Waals surface area contributed by atoms with Gasteiger partial charge in [-0.1, -0.05) is 32.0 Å². The van der Waals surface area contributed by atoms with Gasteiger partial charge in [-0.25, -0.2) is 4.39 Å². The number of rotatable bonds is 4. The van der Waals surface area contributed by atoms with E-state index >= 15 is 0 Å². The molecule has 0 spiro atoms. The molecule has 1 aromatic carbocycles. The molecule has 2 heteroatoms. The van der Waals surface area contributed by atoms with Crippen LogP contribution in [0.25, 0.3) is 0 Å². The highest BCUT2D eigenvalue weighted by molar-refractivity contribution is 5.18. The SMILES string of the molecule is CC(C)C1CCC(CN)C(Cc2ccccc2F)C1. The van der Waals surface area contributed by atoms with Gasteiger partial charge in [0.05, 0.1) is 0 Å². The number of benzene rings is 1. The van der Waals surface area contributed by atoms with Gasteiger partial charge in [0.25, 0.3) is 0 Å². The van der Waals surface area contributed by atoms with Crippen LogP contribution >= 0.6 is 0 Å². The van der Waals surface area contributed by atoms with Crippen LogP contribution in [0.4, 0.5) is 4.39 Å². The van der Waals surface area contributed by atoms with Gasteiger partial charge in [0.1, 0.15) is 5.82 Å². The second kappa shape index (κ2) is 6.51. The Balaban J connectivity index is 2.08. The van der Waals surface area contributed by atoms with Crippen molar-refractivity contribution >= 4 is 0 Å². The highest BCUT2D eigenvalue weighted by Crippen LogP contribution is 2.38. The third-order valence-corrected chi connectivity index (χ3v) is 4.87. The monoisotopic (exact) mass is 263 g/mol. The van der Waals surface area contributed by atoms with Crippen LogP contribution in [0.3, 0.4) is 0 Å². The zero-order chi connectivity index (χ0) is 13.8. The number of hydrogen-bond acceptors (Lipinski definition) is 1. The smallest absolute Gasteiger partial charge is 0.126 e. The molecule has 2 N–H and O–H groups in total. The Bertz CT molecular complexity index is 402. The Hall–Kier alpha value is -0.890. The topological polar surface area (TPSA) is 26.0 Å². The fourth-order valence-corrected chi connectivity index (χ4v) is 3.48. The van der Waals surface area contributed by atoms with Crippen molar-refractivity contribution in [3.05, 3.63) is 35.6 Å². The van der Waals surface area contributed by atoms with E-state index in [1.165, 1.54) is 19.3 Å². The van der Waals surface area contributed by atoms with Gasteiger partial charge in [-0.3, -0.25) is 0 Å². The van der Waals surface area contributed by atoms with E-state index in [9.17, 15) is 4.39 Å². The largest absolute Gasteiger partial charge is 0.330 e. The molecule has 0 heterocycles. The maximum atomic E-state index is 13.8. The lowest BCUT2D eigenvalue weighted by Crippen LogP contribution is -2.33. The lowest BCUT2D eigenvalue weighted by Gasteiger charge is -2.37. The molecule has 3 atom stereocenters. The van der Waals surface area contributed by atoms with Crippen LogP contribution < -0.4 is 5.73 Å². The minimum atomic E-state index is -0.0649. The molecule has 0 bridgehead atoms. The quantitative estimate of drug-likeness (QED) is 0.872. The van der Waals surface area contributed by atoms with E-state index in [1.807, 2.05) is 12.1 Å². The molecule has 1 aliphatic rings. The first-order valence-electron chi connectivity index (χ1n) is 7.55. The summed E-state index contributed by atoms with van der Waals surface area (Å²) in [6, 6.07) is 7.17. The highest BCUT2D eigenvalue weighted by atomic mass is 19.1. The molecule has 19 heavy (non-hydrogen) atoms. The van der Waals surface area contributed by atoms with Crippen LogP contribution in [-0.4, -0.2) is 6.54 Å². The van der Waals surface area contributed by atoms with Gasteiger partial charge in [-0.2, -0.15) is 0 Å². The van der Waals surface area contributed by atoms with Crippen LogP contribution in [0.5, 0.6) is 0 Å². The van der Waals surface area contributed by atoms with Crippen molar-refractivity contribution in [3.8, 4) is 0 Å². The molecule has 106 valence electrons. The molecular formula is C17H26FN. The lowest BCUT2D eigenvalue weighted by molar-refractivity contribution is 0.150. The summed E-state index contributed by atoms with van der Waals surface area (Å²) >= 11 is 0. The molecule has 3 unspecified atom stereocenters. The fraction of sp³-hybridized carbons (Fsp3) is 0.647. The summed E-state index contributed by atoms with van der Waals surface area (Å²) in [5.74, 6) is 2.55. The molecule has 1 aliphatic carbocycles. The van der Waals surface area contributed by atoms with E-state index in [1.54, 1.807) is 12.1 Å². The number of nitrogens with two attached hydrogens (primary N) is 1. The molecular weight excluding hydrogens is 237 g/mol. The van der Waals surface area contributed by atoms with Crippen molar-refractivity contribution in [1.29, 1.82) is 0 Å². The summed E-state index contributed by atoms with van der Waals surface area (Å²) in [6.07, 6.45) is 4.54. The van der Waals surface area contributed by atoms with Crippen molar-refractivity contribution in [2.24, 2.45) is 29.4 Å². The first-order valence-corrected chi connectivity index (χ1v) is 7.55. The molecule has 1 nitrogen and oxygen atoms in total. The van der Waals surface area contributed by atoms with Crippen molar-refractivity contribution in [2.75, 3.05) is 6.54 Å². The highest BCUT2D eigenvalue weighted by Gasteiger charge is 2.31. The Labute approximate surface area is 116 Å². The second-order valence-corrected chi connectivity index (χ2v) is 6.37. The van der Waals surface area contributed by atoms with Crippen LogP contribution in [-0.2, 0) is 6.42 Å². The van der Waals surface area contributed by atoms with Crippen molar-refractivity contribution in [3.63, 3.8) is 0 Å². The minimum absolute atomic E-state index is 0.0649. The van der Waals surface area contributed by atoms with Gasteiger partial charge in [0.15, 0.2) is 0 Å². The predicted octanol–water partition coefficient (Wildman–Crippen LogP) is 4.02. The second-order valence-electron chi connectivity index (χ2n) is 6.37. The first kappa shape index (κ1) is 14.5. The molecule has 0 aliphatic heterocycles. The van der Waals surface area contributed by atoms with Crippen molar-refractivity contribution in [2.45, 2.75) is 39.5 Å². The molecule has 0 radical (unpaired) electrons. The average Bonchev–Trinajstić information content (AvgIpc) is 2.41. The van der Waals surface area contributed by atoms with Gasteiger partial charge in [0, 0.05) is 0 Å². The fourth-order valence-electron chi connectivity index (χ4n) is 3.48. The van der Waals surface area contributed by atoms with Gasteiger partial charge >= 0.3 is 0 Å². The summed E-state index contributed by atoms with van der Waals surface area (Å²) in [4.78, 5) is 0.